The van der Waals surface area contributed by atoms with Gasteiger partial charge in [0.1, 0.15) is 0 Å². The first kappa shape index (κ1) is 16.6. The molecule has 0 atom stereocenters. The van der Waals surface area contributed by atoms with Crippen molar-refractivity contribution in [3.63, 3.8) is 0 Å². The van der Waals surface area contributed by atoms with Gasteiger partial charge in [0.2, 0.25) is 5.91 Å². The molecule has 4 heteroatoms. The van der Waals surface area contributed by atoms with Gasteiger partial charge in [-0.2, -0.15) is 0 Å². The molecule has 1 saturated carbocycles. The second-order valence-corrected chi connectivity index (χ2v) is 7.01. The fourth-order valence-corrected chi connectivity index (χ4v) is 3.87. The molecule has 26 heavy (non-hydrogen) atoms. The van der Waals surface area contributed by atoms with E-state index in [9.17, 15) is 4.79 Å². The number of fused-ring (bicyclic) bond motifs is 1. The summed E-state index contributed by atoms with van der Waals surface area (Å²) in [4.78, 5) is 16.6. The Labute approximate surface area is 153 Å². The van der Waals surface area contributed by atoms with Gasteiger partial charge in [0.05, 0.1) is 5.52 Å². The quantitative estimate of drug-likeness (QED) is 0.702. The van der Waals surface area contributed by atoms with E-state index in [4.69, 9.17) is 5.73 Å². The lowest BCUT2D eigenvalue weighted by molar-refractivity contribution is 0.0999. The number of primary amides is 1. The minimum atomic E-state index is -0.366. The largest absolute Gasteiger partial charge is 0.385 e. The number of aromatic nitrogens is 1. The lowest BCUT2D eigenvalue weighted by Crippen LogP contribution is -2.20. The van der Waals surface area contributed by atoms with Gasteiger partial charge in [-0.25, -0.2) is 0 Å². The van der Waals surface area contributed by atoms with E-state index in [0.29, 0.717) is 5.56 Å². The van der Waals surface area contributed by atoms with Crippen LogP contribution in [0.25, 0.3) is 10.9 Å². The van der Waals surface area contributed by atoms with E-state index in [2.05, 4.69) is 35.4 Å². The van der Waals surface area contributed by atoms with Crippen LogP contribution in [0.3, 0.4) is 0 Å². The van der Waals surface area contributed by atoms with Crippen LogP contribution in [0.4, 0.5) is 5.69 Å². The Hall–Kier alpha value is -2.88. The molecule has 0 radical (unpaired) electrons. The molecule has 132 valence electrons. The summed E-state index contributed by atoms with van der Waals surface area (Å²) in [6.45, 7) is 3.07. The monoisotopic (exact) mass is 345 g/mol. The van der Waals surface area contributed by atoms with Crippen LogP contribution in [0.5, 0.6) is 0 Å². The van der Waals surface area contributed by atoms with E-state index in [-0.39, 0.29) is 11.3 Å². The lowest BCUT2D eigenvalue weighted by atomic mass is 9.82. The number of benzene rings is 2. The number of hydrogen-bond donors (Lipinski definition) is 2. The van der Waals surface area contributed by atoms with Crippen LogP contribution in [0.1, 0.15) is 47.7 Å². The highest BCUT2D eigenvalue weighted by molar-refractivity contribution is 5.96. The molecule has 0 aliphatic heterocycles. The Kier molecular flexibility index (Phi) is 4.11. The van der Waals surface area contributed by atoms with E-state index >= 15 is 0 Å². The Balaban J connectivity index is 1.92. The topological polar surface area (TPSA) is 68.0 Å². The number of amides is 1. The minimum Gasteiger partial charge on any atom is -0.385 e. The van der Waals surface area contributed by atoms with Crippen molar-refractivity contribution in [2.75, 3.05) is 11.9 Å². The summed E-state index contributed by atoms with van der Waals surface area (Å²) < 4.78 is 0. The summed E-state index contributed by atoms with van der Waals surface area (Å²) in [5, 5.41) is 4.63. The second-order valence-electron chi connectivity index (χ2n) is 7.01. The van der Waals surface area contributed by atoms with Crippen molar-refractivity contribution in [2.45, 2.75) is 31.6 Å². The molecular formula is C22H23N3O. The normalized spacial score (nSPS) is 15.0. The maximum absolute atomic E-state index is 12.0. The average Bonchev–Trinajstić information content (AvgIpc) is 3.47. The van der Waals surface area contributed by atoms with Crippen molar-refractivity contribution in [3.05, 3.63) is 71.4 Å². The van der Waals surface area contributed by atoms with Crippen LogP contribution in [-0.4, -0.2) is 17.4 Å². The zero-order valence-corrected chi connectivity index (χ0v) is 15.0. The number of carbonyl (C=O) groups is 1. The van der Waals surface area contributed by atoms with E-state index < -0.39 is 0 Å². The number of nitrogens with one attached hydrogen (secondary N) is 1. The highest BCUT2D eigenvalue weighted by atomic mass is 16.1. The molecule has 1 amide bonds. The van der Waals surface area contributed by atoms with E-state index in [1.165, 1.54) is 5.56 Å². The Morgan fingerprint density at radius 2 is 1.96 bits per heavy atom. The lowest BCUT2D eigenvalue weighted by Gasteiger charge is -2.22. The molecule has 0 saturated heterocycles. The van der Waals surface area contributed by atoms with E-state index in [1.807, 2.05) is 36.5 Å². The summed E-state index contributed by atoms with van der Waals surface area (Å²) in [7, 11) is 0. The van der Waals surface area contributed by atoms with Crippen LogP contribution in [0.2, 0.25) is 0 Å². The molecule has 0 bridgehead atoms. The molecule has 3 aromatic rings. The summed E-state index contributed by atoms with van der Waals surface area (Å²) in [6, 6.07) is 16.2. The number of nitrogens with two attached hydrogens (primary N) is 1. The fraction of sp³-hybridized carbons (Fsp3) is 0.273. The van der Waals surface area contributed by atoms with Gasteiger partial charge in [0.25, 0.3) is 0 Å². The van der Waals surface area contributed by atoms with Crippen molar-refractivity contribution in [1.82, 2.24) is 4.98 Å². The summed E-state index contributed by atoms with van der Waals surface area (Å²) in [6.07, 6.45) is 4.91. The number of anilines is 1. The minimum absolute atomic E-state index is 0.156. The van der Waals surface area contributed by atoms with Crippen molar-refractivity contribution < 1.29 is 4.79 Å². The summed E-state index contributed by atoms with van der Waals surface area (Å²) in [5.74, 6) is -0.366. The van der Waals surface area contributed by atoms with Crippen LogP contribution in [0.15, 0.2) is 54.7 Å². The predicted molar refractivity (Wildman–Crippen MR) is 105 cm³/mol. The third-order valence-corrected chi connectivity index (χ3v) is 5.27. The van der Waals surface area contributed by atoms with Crippen LogP contribution in [-0.2, 0) is 5.41 Å². The Bertz CT molecular complexity index is 976. The third-order valence-electron chi connectivity index (χ3n) is 5.27. The zero-order chi connectivity index (χ0) is 18.1. The van der Waals surface area contributed by atoms with Crippen molar-refractivity contribution >= 4 is 22.5 Å². The van der Waals surface area contributed by atoms with Gasteiger partial charge in [-0.15, -0.1) is 0 Å². The molecule has 3 N–H and O–H groups in total. The third kappa shape index (κ3) is 2.71. The number of pyridine rings is 1. The van der Waals surface area contributed by atoms with Crippen molar-refractivity contribution in [3.8, 4) is 0 Å². The van der Waals surface area contributed by atoms with Gasteiger partial charge in [-0.3, -0.25) is 9.78 Å². The zero-order valence-electron chi connectivity index (χ0n) is 15.0. The number of rotatable bonds is 6. The van der Waals surface area contributed by atoms with Crippen LogP contribution < -0.4 is 11.1 Å². The second kappa shape index (κ2) is 6.45. The van der Waals surface area contributed by atoms with Gasteiger partial charge >= 0.3 is 0 Å². The summed E-state index contributed by atoms with van der Waals surface area (Å²) in [5.41, 5.74) is 10.4. The molecule has 1 heterocycles. The highest BCUT2D eigenvalue weighted by Crippen LogP contribution is 2.56. The molecule has 4 nitrogen and oxygen atoms in total. The molecule has 1 aliphatic rings. The number of hydrogen-bond acceptors (Lipinski definition) is 3. The van der Waals surface area contributed by atoms with Gasteiger partial charge in [-0.05, 0) is 54.7 Å². The average molecular weight is 345 g/mol. The Morgan fingerprint density at radius 1 is 1.15 bits per heavy atom. The first-order valence-corrected chi connectivity index (χ1v) is 9.18. The molecule has 1 aliphatic carbocycles. The van der Waals surface area contributed by atoms with Gasteiger partial charge in [-0.1, -0.05) is 31.2 Å². The van der Waals surface area contributed by atoms with Crippen LogP contribution in [0, 0.1) is 0 Å². The number of carbonyl (C=O) groups excluding carboxylic acids is 1. The van der Waals surface area contributed by atoms with E-state index in [1.54, 1.807) is 0 Å². The van der Waals surface area contributed by atoms with Crippen LogP contribution >= 0.6 is 0 Å². The van der Waals surface area contributed by atoms with Gasteiger partial charge in [0.15, 0.2) is 0 Å². The van der Waals surface area contributed by atoms with Gasteiger partial charge in [0, 0.05) is 34.8 Å². The maximum atomic E-state index is 12.0. The standard InChI is InChI=1S/C22H23N3O/c1-2-11-24-15-13-19(16-7-5-12-25-20(16)14-15)22(9-10-22)18-8-4-3-6-17(18)21(23)26/h3-8,12-14,24H,2,9-11H2,1H3,(H2,23,26). The highest BCUT2D eigenvalue weighted by Gasteiger charge is 2.48. The molecule has 4 rings (SSSR count). The molecular weight excluding hydrogens is 322 g/mol. The van der Waals surface area contributed by atoms with Crippen molar-refractivity contribution in [2.24, 2.45) is 5.73 Å². The smallest absolute Gasteiger partial charge is 0.249 e. The first-order chi connectivity index (χ1) is 12.7. The fourth-order valence-electron chi connectivity index (χ4n) is 3.87. The molecule has 1 fully saturated rings. The Morgan fingerprint density at radius 3 is 2.69 bits per heavy atom. The molecule has 0 spiro atoms. The molecule has 0 unspecified atom stereocenters. The number of nitrogens with zero attached hydrogens (tertiary/aromatic N) is 1. The van der Waals surface area contributed by atoms with Gasteiger partial charge < -0.3 is 11.1 Å². The molecule has 1 aromatic heterocycles. The summed E-state index contributed by atoms with van der Waals surface area (Å²) >= 11 is 0. The first-order valence-electron chi connectivity index (χ1n) is 9.18. The molecule has 2 aromatic carbocycles. The maximum Gasteiger partial charge on any atom is 0.249 e. The SMILES string of the molecule is CCCNc1cc(C2(c3ccccc3C(N)=O)CC2)c2cccnc2c1. The van der Waals surface area contributed by atoms with E-state index in [0.717, 1.165) is 48.0 Å². The van der Waals surface area contributed by atoms with Crippen molar-refractivity contribution in [1.29, 1.82) is 0 Å². The predicted octanol–water partition coefficient (Wildman–Crippen LogP) is 4.24.